The molecule has 1 aliphatic rings. The summed E-state index contributed by atoms with van der Waals surface area (Å²) in [6.45, 7) is 2.07. The van der Waals surface area contributed by atoms with Crippen molar-refractivity contribution in [3.05, 3.63) is 29.8 Å². The number of nitrogens with one attached hydrogen (secondary N) is 1. The van der Waals surface area contributed by atoms with Gasteiger partial charge in [0.2, 0.25) is 0 Å². The van der Waals surface area contributed by atoms with Crippen molar-refractivity contribution in [1.29, 1.82) is 0 Å². The van der Waals surface area contributed by atoms with Crippen LogP contribution >= 0.6 is 0 Å². The molecule has 0 spiro atoms. The van der Waals surface area contributed by atoms with Gasteiger partial charge in [0.05, 0.1) is 6.10 Å². The van der Waals surface area contributed by atoms with Crippen molar-refractivity contribution in [2.24, 2.45) is 0 Å². The van der Waals surface area contributed by atoms with Gasteiger partial charge in [0.15, 0.2) is 0 Å². The highest BCUT2D eigenvalue weighted by Gasteiger charge is 2.22. The first kappa shape index (κ1) is 14.4. The van der Waals surface area contributed by atoms with E-state index in [1.165, 1.54) is 25.7 Å². The number of benzene rings is 1. The standard InChI is InChI=1S/C16H26N2O/c1-12(17-14-6-4-5-7-14)16(19)13-8-10-15(11-9-13)18(2)3/h8-12,14,16-17,19H,4-7H2,1-3H3. The molecule has 19 heavy (non-hydrogen) atoms. The van der Waals surface area contributed by atoms with Crippen molar-refractivity contribution < 1.29 is 5.11 Å². The van der Waals surface area contributed by atoms with E-state index in [1.807, 2.05) is 26.2 Å². The molecule has 2 unspecified atom stereocenters. The molecule has 0 radical (unpaired) electrons. The second-order valence-electron chi connectivity index (χ2n) is 5.87. The first-order chi connectivity index (χ1) is 9.08. The molecular formula is C16H26N2O. The van der Waals surface area contributed by atoms with E-state index < -0.39 is 6.10 Å². The average Bonchev–Trinajstić information content (AvgIpc) is 2.90. The Morgan fingerprint density at radius 3 is 2.26 bits per heavy atom. The summed E-state index contributed by atoms with van der Waals surface area (Å²) in [5.41, 5.74) is 2.15. The summed E-state index contributed by atoms with van der Waals surface area (Å²) in [5.74, 6) is 0. The third kappa shape index (κ3) is 3.71. The Labute approximate surface area is 116 Å². The van der Waals surface area contributed by atoms with Crippen LogP contribution in [0.25, 0.3) is 0 Å². The summed E-state index contributed by atoms with van der Waals surface area (Å²) >= 11 is 0. The summed E-state index contributed by atoms with van der Waals surface area (Å²) in [4.78, 5) is 2.07. The van der Waals surface area contributed by atoms with E-state index in [9.17, 15) is 5.11 Å². The van der Waals surface area contributed by atoms with Crippen molar-refractivity contribution >= 4 is 5.69 Å². The lowest BCUT2D eigenvalue weighted by molar-refractivity contribution is 0.129. The summed E-state index contributed by atoms with van der Waals surface area (Å²) < 4.78 is 0. The summed E-state index contributed by atoms with van der Waals surface area (Å²) in [6.07, 6.45) is 4.69. The highest BCUT2D eigenvalue weighted by Crippen LogP contribution is 2.23. The number of hydrogen-bond acceptors (Lipinski definition) is 3. The van der Waals surface area contributed by atoms with Gasteiger partial charge in [-0.25, -0.2) is 0 Å². The van der Waals surface area contributed by atoms with Crippen LogP contribution in [0, 0.1) is 0 Å². The van der Waals surface area contributed by atoms with E-state index in [0.29, 0.717) is 6.04 Å². The quantitative estimate of drug-likeness (QED) is 0.856. The molecule has 0 aromatic heterocycles. The number of rotatable bonds is 5. The monoisotopic (exact) mass is 262 g/mol. The van der Waals surface area contributed by atoms with Gasteiger partial charge >= 0.3 is 0 Å². The predicted molar refractivity (Wildman–Crippen MR) is 80.6 cm³/mol. The van der Waals surface area contributed by atoms with Crippen LogP contribution in [0.2, 0.25) is 0 Å². The number of nitrogens with zero attached hydrogens (tertiary/aromatic N) is 1. The topological polar surface area (TPSA) is 35.5 Å². The molecule has 1 fully saturated rings. The Kier molecular flexibility index (Phi) is 4.83. The number of aliphatic hydroxyl groups is 1. The zero-order chi connectivity index (χ0) is 13.8. The highest BCUT2D eigenvalue weighted by atomic mass is 16.3. The van der Waals surface area contributed by atoms with Crippen molar-refractivity contribution in [3.8, 4) is 0 Å². The first-order valence-corrected chi connectivity index (χ1v) is 7.29. The summed E-state index contributed by atoms with van der Waals surface area (Å²) in [7, 11) is 4.05. The van der Waals surface area contributed by atoms with Gasteiger partial charge in [-0.2, -0.15) is 0 Å². The van der Waals surface area contributed by atoms with E-state index in [-0.39, 0.29) is 6.04 Å². The Morgan fingerprint density at radius 1 is 1.16 bits per heavy atom. The van der Waals surface area contributed by atoms with E-state index in [2.05, 4.69) is 29.3 Å². The maximum atomic E-state index is 10.4. The van der Waals surface area contributed by atoms with Gasteiger partial charge in [-0.3, -0.25) is 0 Å². The molecule has 3 nitrogen and oxygen atoms in total. The molecule has 1 aliphatic carbocycles. The molecule has 0 aliphatic heterocycles. The van der Waals surface area contributed by atoms with Gasteiger partial charge in [-0.1, -0.05) is 25.0 Å². The molecule has 1 aromatic rings. The van der Waals surface area contributed by atoms with Gasteiger partial charge in [0.25, 0.3) is 0 Å². The van der Waals surface area contributed by atoms with Crippen LogP contribution in [0.4, 0.5) is 5.69 Å². The number of aliphatic hydroxyl groups excluding tert-OH is 1. The van der Waals surface area contributed by atoms with Gasteiger partial charge in [-0.05, 0) is 37.5 Å². The normalized spacial score (nSPS) is 19.4. The van der Waals surface area contributed by atoms with Gasteiger partial charge < -0.3 is 15.3 Å². The fourth-order valence-electron chi connectivity index (χ4n) is 2.81. The van der Waals surface area contributed by atoms with Crippen molar-refractivity contribution in [2.45, 2.75) is 50.8 Å². The minimum atomic E-state index is -0.434. The van der Waals surface area contributed by atoms with Crippen LogP contribution in [0.3, 0.4) is 0 Å². The summed E-state index contributed by atoms with van der Waals surface area (Å²) in [6, 6.07) is 8.85. The molecule has 0 heterocycles. The lowest BCUT2D eigenvalue weighted by Gasteiger charge is -2.24. The Hall–Kier alpha value is -1.06. The largest absolute Gasteiger partial charge is 0.387 e. The zero-order valence-corrected chi connectivity index (χ0v) is 12.3. The van der Waals surface area contributed by atoms with Crippen LogP contribution in [0.5, 0.6) is 0 Å². The molecule has 2 rings (SSSR count). The fourth-order valence-corrected chi connectivity index (χ4v) is 2.81. The van der Waals surface area contributed by atoms with Gasteiger partial charge in [0, 0.05) is 31.9 Å². The van der Waals surface area contributed by atoms with Crippen LogP contribution in [0.1, 0.15) is 44.3 Å². The van der Waals surface area contributed by atoms with Gasteiger partial charge in [0.1, 0.15) is 0 Å². The van der Waals surface area contributed by atoms with E-state index in [1.54, 1.807) is 0 Å². The van der Waals surface area contributed by atoms with Crippen molar-refractivity contribution in [1.82, 2.24) is 5.32 Å². The highest BCUT2D eigenvalue weighted by molar-refractivity contribution is 5.46. The molecule has 1 aromatic carbocycles. The third-order valence-corrected chi connectivity index (χ3v) is 4.08. The van der Waals surface area contributed by atoms with Crippen LogP contribution in [0.15, 0.2) is 24.3 Å². The van der Waals surface area contributed by atoms with Crippen LogP contribution in [-0.2, 0) is 0 Å². The molecule has 0 saturated heterocycles. The van der Waals surface area contributed by atoms with Crippen molar-refractivity contribution in [2.75, 3.05) is 19.0 Å². The SMILES string of the molecule is CC(NC1CCCC1)C(O)c1ccc(N(C)C)cc1. The Morgan fingerprint density at radius 2 is 1.74 bits per heavy atom. The smallest absolute Gasteiger partial charge is 0.0940 e. The molecular weight excluding hydrogens is 236 g/mol. The van der Waals surface area contributed by atoms with E-state index in [0.717, 1.165) is 11.3 Å². The minimum Gasteiger partial charge on any atom is -0.387 e. The third-order valence-electron chi connectivity index (χ3n) is 4.08. The minimum absolute atomic E-state index is 0.105. The molecule has 106 valence electrons. The molecule has 0 bridgehead atoms. The second-order valence-corrected chi connectivity index (χ2v) is 5.87. The molecule has 2 atom stereocenters. The lowest BCUT2D eigenvalue weighted by atomic mass is 10.0. The molecule has 1 saturated carbocycles. The lowest BCUT2D eigenvalue weighted by Crippen LogP contribution is -2.38. The Bertz CT molecular complexity index is 382. The second kappa shape index (κ2) is 6.40. The van der Waals surface area contributed by atoms with E-state index >= 15 is 0 Å². The van der Waals surface area contributed by atoms with E-state index in [4.69, 9.17) is 0 Å². The molecule has 3 heteroatoms. The fraction of sp³-hybridized carbons (Fsp3) is 0.625. The first-order valence-electron chi connectivity index (χ1n) is 7.29. The molecule has 0 amide bonds. The van der Waals surface area contributed by atoms with Crippen LogP contribution < -0.4 is 10.2 Å². The maximum Gasteiger partial charge on any atom is 0.0940 e. The summed E-state index contributed by atoms with van der Waals surface area (Å²) in [5, 5.41) is 14.0. The maximum absolute atomic E-state index is 10.4. The van der Waals surface area contributed by atoms with Crippen molar-refractivity contribution in [3.63, 3.8) is 0 Å². The molecule has 2 N–H and O–H groups in total. The zero-order valence-electron chi connectivity index (χ0n) is 12.3. The predicted octanol–water partition coefficient (Wildman–Crippen LogP) is 2.71. The Balaban J connectivity index is 1.95. The number of hydrogen-bond donors (Lipinski definition) is 2. The average molecular weight is 262 g/mol. The van der Waals surface area contributed by atoms with Crippen LogP contribution in [-0.4, -0.2) is 31.3 Å². The number of anilines is 1. The van der Waals surface area contributed by atoms with Gasteiger partial charge in [-0.15, -0.1) is 0 Å².